The fourth-order valence-electron chi connectivity index (χ4n) is 2.29. The van der Waals surface area contributed by atoms with Crippen LogP contribution in [-0.4, -0.2) is 25.7 Å². The molecule has 0 amide bonds. The van der Waals surface area contributed by atoms with Gasteiger partial charge >= 0.3 is 12.1 Å². The van der Waals surface area contributed by atoms with E-state index in [1.54, 1.807) is 0 Å². The summed E-state index contributed by atoms with van der Waals surface area (Å²) in [6.45, 7) is 0. The second-order valence-electron chi connectivity index (χ2n) is 4.73. The highest BCUT2D eigenvalue weighted by Crippen LogP contribution is 2.37. The van der Waals surface area contributed by atoms with E-state index in [0.717, 1.165) is 16.6 Å². The largest absolute Gasteiger partial charge is 0.478 e. The monoisotopic (exact) mass is 322 g/mol. The molecule has 9 heteroatoms. The molecule has 0 atom stereocenters. The zero-order chi connectivity index (χ0) is 16.8. The SMILES string of the molecule is Nc1nc2c(C(=O)O)cc(-c3ccccc3C(F)(F)F)cn2n1. The highest BCUT2D eigenvalue weighted by Gasteiger charge is 2.33. The number of nitrogens with zero attached hydrogens (tertiary/aromatic N) is 3. The molecule has 2 heterocycles. The van der Waals surface area contributed by atoms with Gasteiger partial charge < -0.3 is 10.8 Å². The maximum absolute atomic E-state index is 13.1. The highest BCUT2D eigenvalue weighted by atomic mass is 19.4. The van der Waals surface area contributed by atoms with Crippen LogP contribution in [0, 0.1) is 0 Å². The molecular formula is C14H9F3N4O2. The standard InChI is InChI=1S/C14H9F3N4O2/c15-14(16,17)10-4-2-1-3-8(10)7-5-9(12(22)23)11-19-13(18)20-21(11)6-7/h1-6H,(H2,18,20)(H,22,23). The number of alkyl halides is 3. The van der Waals surface area contributed by atoms with E-state index in [-0.39, 0.29) is 28.3 Å². The van der Waals surface area contributed by atoms with E-state index in [0.29, 0.717) is 0 Å². The van der Waals surface area contributed by atoms with Crippen molar-refractivity contribution in [3.8, 4) is 11.1 Å². The number of nitrogens with two attached hydrogens (primary N) is 1. The molecule has 0 fully saturated rings. The van der Waals surface area contributed by atoms with E-state index in [1.807, 2.05) is 0 Å². The first-order valence-electron chi connectivity index (χ1n) is 6.33. The van der Waals surface area contributed by atoms with Gasteiger partial charge in [-0.3, -0.25) is 0 Å². The number of aromatic carboxylic acids is 1. The Morgan fingerprint density at radius 2 is 1.96 bits per heavy atom. The van der Waals surface area contributed by atoms with Crippen LogP contribution in [0.2, 0.25) is 0 Å². The van der Waals surface area contributed by atoms with Crippen molar-refractivity contribution in [3.05, 3.63) is 47.7 Å². The predicted molar refractivity (Wildman–Crippen MR) is 74.8 cm³/mol. The van der Waals surface area contributed by atoms with Crippen LogP contribution in [0.1, 0.15) is 15.9 Å². The van der Waals surface area contributed by atoms with Crippen molar-refractivity contribution in [3.63, 3.8) is 0 Å². The Labute approximate surface area is 127 Å². The van der Waals surface area contributed by atoms with Gasteiger partial charge in [-0.2, -0.15) is 18.2 Å². The number of pyridine rings is 1. The molecule has 0 saturated carbocycles. The van der Waals surface area contributed by atoms with Gasteiger partial charge in [-0.25, -0.2) is 9.31 Å². The molecule has 6 nitrogen and oxygen atoms in total. The minimum absolute atomic E-state index is 0.0387. The van der Waals surface area contributed by atoms with Crippen LogP contribution in [0.3, 0.4) is 0 Å². The summed E-state index contributed by atoms with van der Waals surface area (Å²) >= 11 is 0. The number of carboxylic acids is 1. The molecule has 0 unspecified atom stereocenters. The van der Waals surface area contributed by atoms with Gasteiger partial charge in [-0.05, 0) is 17.7 Å². The summed E-state index contributed by atoms with van der Waals surface area (Å²) in [5, 5.41) is 13.0. The summed E-state index contributed by atoms with van der Waals surface area (Å²) < 4.78 is 40.5. The number of carboxylic acid groups (broad SMARTS) is 1. The zero-order valence-corrected chi connectivity index (χ0v) is 11.4. The minimum atomic E-state index is -4.57. The summed E-state index contributed by atoms with van der Waals surface area (Å²) in [6, 6.07) is 6.00. The molecule has 0 aliphatic rings. The van der Waals surface area contributed by atoms with Crippen LogP contribution in [0.15, 0.2) is 36.5 Å². The second-order valence-corrected chi connectivity index (χ2v) is 4.73. The van der Waals surface area contributed by atoms with Gasteiger partial charge in [0.1, 0.15) is 5.56 Å². The average molecular weight is 322 g/mol. The number of carbonyl (C=O) groups is 1. The molecular weight excluding hydrogens is 313 g/mol. The Hall–Kier alpha value is -3.10. The van der Waals surface area contributed by atoms with Gasteiger partial charge in [0, 0.05) is 11.8 Å². The zero-order valence-electron chi connectivity index (χ0n) is 11.4. The lowest BCUT2D eigenvalue weighted by Gasteiger charge is -2.13. The second kappa shape index (κ2) is 4.97. The van der Waals surface area contributed by atoms with Crippen LogP contribution in [0.5, 0.6) is 0 Å². The molecule has 1 aromatic carbocycles. The Balaban J connectivity index is 2.32. The molecule has 3 aromatic rings. The van der Waals surface area contributed by atoms with E-state index < -0.39 is 17.7 Å². The lowest BCUT2D eigenvalue weighted by molar-refractivity contribution is -0.137. The van der Waals surface area contributed by atoms with Crippen LogP contribution in [0.25, 0.3) is 16.8 Å². The molecule has 3 rings (SSSR count). The van der Waals surface area contributed by atoms with Crippen molar-refractivity contribution in [2.45, 2.75) is 6.18 Å². The Morgan fingerprint density at radius 1 is 1.26 bits per heavy atom. The fraction of sp³-hybridized carbons (Fsp3) is 0.0714. The molecule has 2 aromatic heterocycles. The van der Waals surface area contributed by atoms with Crippen molar-refractivity contribution in [2.24, 2.45) is 0 Å². The third-order valence-electron chi connectivity index (χ3n) is 3.22. The third kappa shape index (κ3) is 2.56. The smallest absolute Gasteiger partial charge is 0.417 e. The number of hydrogen-bond donors (Lipinski definition) is 2. The van der Waals surface area contributed by atoms with Crippen molar-refractivity contribution in [1.82, 2.24) is 14.6 Å². The first-order valence-corrected chi connectivity index (χ1v) is 6.33. The van der Waals surface area contributed by atoms with Gasteiger partial charge in [0.2, 0.25) is 5.95 Å². The molecule has 118 valence electrons. The molecule has 0 spiro atoms. The van der Waals surface area contributed by atoms with Crippen LogP contribution >= 0.6 is 0 Å². The summed E-state index contributed by atoms with van der Waals surface area (Å²) in [5.41, 5.74) is 4.13. The molecule has 0 bridgehead atoms. The first-order chi connectivity index (χ1) is 10.8. The quantitative estimate of drug-likeness (QED) is 0.756. The van der Waals surface area contributed by atoms with E-state index in [9.17, 15) is 23.1 Å². The molecule has 0 aliphatic heterocycles. The molecule has 3 N–H and O–H groups in total. The fourth-order valence-corrected chi connectivity index (χ4v) is 2.29. The molecule has 0 aliphatic carbocycles. The number of fused-ring (bicyclic) bond motifs is 1. The maximum Gasteiger partial charge on any atom is 0.417 e. The summed E-state index contributed by atoms with van der Waals surface area (Å²) in [4.78, 5) is 15.1. The predicted octanol–water partition coefficient (Wildman–Crippen LogP) is 2.70. The number of benzene rings is 1. The van der Waals surface area contributed by atoms with E-state index in [2.05, 4.69) is 10.1 Å². The number of hydrogen-bond acceptors (Lipinski definition) is 4. The van der Waals surface area contributed by atoms with E-state index in [4.69, 9.17) is 5.73 Å². The van der Waals surface area contributed by atoms with Crippen molar-refractivity contribution < 1.29 is 23.1 Å². The van der Waals surface area contributed by atoms with Crippen molar-refractivity contribution >= 4 is 17.6 Å². The maximum atomic E-state index is 13.1. The highest BCUT2D eigenvalue weighted by molar-refractivity contribution is 5.96. The molecule has 0 saturated heterocycles. The Morgan fingerprint density at radius 3 is 2.61 bits per heavy atom. The van der Waals surface area contributed by atoms with E-state index in [1.165, 1.54) is 24.4 Å². The van der Waals surface area contributed by atoms with Crippen molar-refractivity contribution in [2.75, 3.05) is 5.73 Å². The number of aromatic nitrogens is 3. The molecule has 23 heavy (non-hydrogen) atoms. The first kappa shape index (κ1) is 14.8. The van der Waals surface area contributed by atoms with E-state index >= 15 is 0 Å². The van der Waals surface area contributed by atoms with Crippen molar-refractivity contribution in [1.29, 1.82) is 0 Å². The van der Waals surface area contributed by atoms with Crippen LogP contribution < -0.4 is 5.73 Å². The normalized spacial score (nSPS) is 11.8. The van der Waals surface area contributed by atoms with Gasteiger partial charge in [-0.15, -0.1) is 5.10 Å². The third-order valence-corrected chi connectivity index (χ3v) is 3.22. The van der Waals surface area contributed by atoms with Gasteiger partial charge in [0.25, 0.3) is 0 Å². The minimum Gasteiger partial charge on any atom is -0.478 e. The lowest BCUT2D eigenvalue weighted by Crippen LogP contribution is -2.08. The molecule has 0 radical (unpaired) electrons. The summed E-state index contributed by atoms with van der Waals surface area (Å²) in [6.07, 6.45) is -3.31. The number of nitrogen functional groups attached to an aromatic ring is 1. The number of halogens is 3. The van der Waals surface area contributed by atoms with Crippen LogP contribution in [0.4, 0.5) is 19.1 Å². The topological polar surface area (TPSA) is 93.5 Å². The van der Waals surface area contributed by atoms with Gasteiger partial charge in [-0.1, -0.05) is 18.2 Å². The number of rotatable bonds is 2. The van der Waals surface area contributed by atoms with Gasteiger partial charge in [0.15, 0.2) is 5.65 Å². The Kier molecular flexibility index (Phi) is 3.20. The van der Waals surface area contributed by atoms with Gasteiger partial charge in [0.05, 0.1) is 5.56 Å². The van der Waals surface area contributed by atoms with Crippen LogP contribution in [-0.2, 0) is 6.18 Å². The number of anilines is 1. The average Bonchev–Trinajstić information content (AvgIpc) is 2.85. The lowest BCUT2D eigenvalue weighted by atomic mass is 9.99. The Bertz CT molecular complexity index is 918. The summed E-state index contributed by atoms with van der Waals surface area (Å²) in [7, 11) is 0. The summed E-state index contributed by atoms with van der Waals surface area (Å²) in [5.74, 6) is -1.51.